The first-order valence-corrected chi connectivity index (χ1v) is 8.11. The molecule has 0 amide bonds. The molecule has 2 aliphatic rings. The number of rotatable bonds is 5. The molecule has 2 atom stereocenters. The van der Waals surface area contributed by atoms with E-state index in [1.807, 2.05) is 7.11 Å². The van der Waals surface area contributed by atoms with E-state index < -0.39 is 0 Å². The number of piperazine rings is 1. The monoisotopic (exact) mass is 268 g/mol. The summed E-state index contributed by atoms with van der Waals surface area (Å²) in [4.78, 5) is 2.76. The summed E-state index contributed by atoms with van der Waals surface area (Å²) in [5.41, 5.74) is 0.409. The van der Waals surface area contributed by atoms with Gasteiger partial charge in [-0.15, -0.1) is 0 Å². The van der Waals surface area contributed by atoms with Gasteiger partial charge < -0.3 is 10.1 Å². The van der Waals surface area contributed by atoms with E-state index in [0.717, 1.165) is 13.2 Å². The summed E-state index contributed by atoms with van der Waals surface area (Å²) < 4.78 is 5.50. The fourth-order valence-corrected chi connectivity index (χ4v) is 3.98. The average Bonchev–Trinajstić information content (AvgIpc) is 2.84. The van der Waals surface area contributed by atoms with Crippen LogP contribution in [-0.2, 0) is 4.74 Å². The highest BCUT2D eigenvalue weighted by Crippen LogP contribution is 2.35. The third kappa shape index (κ3) is 3.32. The molecule has 0 aromatic rings. The van der Waals surface area contributed by atoms with Crippen LogP contribution in [0.1, 0.15) is 52.9 Å². The number of methoxy groups -OCH3 is 1. The van der Waals surface area contributed by atoms with Gasteiger partial charge in [-0.3, -0.25) is 4.90 Å². The zero-order valence-corrected chi connectivity index (χ0v) is 13.2. The molecule has 112 valence electrons. The van der Waals surface area contributed by atoms with E-state index in [9.17, 15) is 0 Å². The molecular formula is C16H32N2O. The number of ether oxygens (including phenoxy) is 1. The molecule has 19 heavy (non-hydrogen) atoms. The Morgan fingerprint density at radius 2 is 2.00 bits per heavy atom. The average molecular weight is 268 g/mol. The molecule has 0 bridgehead atoms. The molecule has 1 heterocycles. The second kappa shape index (κ2) is 6.55. The first-order chi connectivity index (χ1) is 9.12. The Bertz CT molecular complexity index is 274. The van der Waals surface area contributed by atoms with Gasteiger partial charge in [-0.25, -0.2) is 0 Å². The summed E-state index contributed by atoms with van der Waals surface area (Å²) in [5.74, 6) is 0.658. The van der Waals surface area contributed by atoms with Crippen LogP contribution in [0.2, 0.25) is 0 Å². The van der Waals surface area contributed by atoms with Crippen molar-refractivity contribution < 1.29 is 4.74 Å². The zero-order valence-electron chi connectivity index (χ0n) is 13.2. The Morgan fingerprint density at radius 1 is 1.32 bits per heavy atom. The van der Waals surface area contributed by atoms with Crippen molar-refractivity contribution in [3.63, 3.8) is 0 Å². The van der Waals surface area contributed by atoms with Crippen molar-refractivity contribution in [2.24, 2.45) is 5.92 Å². The normalized spacial score (nSPS) is 29.2. The van der Waals surface area contributed by atoms with Gasteiger partial charge in [-0.1, -0.05) is 33.6 Å². The predicted molar refractivity (Wildman–Crippen MR) is 80.5 cm³/mol. The highest BCUT2D eigenvalue weighted by atomic mass is 16.5. The van der Waals surface area contributed by atoms with E-state index in [-0.39, 0.29) is 0 Å². The molecule has 0 radical (unpaired) electrons. The van der Waals surface area contributed by atoms with Crippen molar-refractivity contribution in [2.75, 3.05) is 26.8 Å². The van der Waals surface area contributed by atoms with Gasteiger partial charge in [0.2, 0.25) is 0 Å². The Balaban J connectivity index is 2.11. The van der Waals surface area contributed by atoms with Crippen molar-refractivity contribution >= 4 is 0 Å². The lowest BCUT2D eigenvalue weighted by molar-refractivity contribution is -0.0101. The summed E-state index contributed by atoms with van der Waals surface area (Å²) in [5, 5.41) is 3.88. The molecule has 2 unspecified atom stereocenters. The fraction of sp³-hybridized carbons (Fsp3) is 1.00. The highest BCUT2D eigenvalue weighted by Gasteiger charge is 2.43. The summed E-state index contributed by atoms with van der Waals surface area (Å²) in [7, 11) is 1.84. The minimum absolute atomic E-state index is 0.409. The standard InChI is InChI=1S/C16H32N2O/c1-5-14-10-17-16(8-6-7-9-16)12-18(14)15(11-19-4)13(2)3/h13-15,17H,5-12H2,1-4H3. The lowest BCUT2D eigenvalue weighted by Gasteiger charge is -2.50. The third-order valence-corrected chi connectivity index (χ3v) is 5.23. The highest BCUT2D eigenvalue weighted by molar-refractivity contribution is 5.02. The van der Waals surface area contributed by atoms with Crippen molar-refractivity contribution in [3.05, 3.63) is 0 Å². The van der Waals surface area contributed by atoms with Crippen LogP contribution in [0.25, 0.3) is 0 Å². The number of hydrogen-bond donors (Lipinski definition) is 1. The summed E-state index contributed by atoms with van der Waals surface area (Å²) in [6, 6.07) is 1.24. The molecule has 1 aliphatic carbocycles. The van der Waals surface area contributed by atoms with Crippen LogP contribution in [0, 0.1) is 5.92 Å². The molecule has 1 spiro atoms. The van der Waals surface area contributed by atoms with Crippen LogP contribution in [0.5, 0.6) is 0 Å². The Hall–Kier alpha value is -0.120. The SMILES string of the molecule is CCC1CNC2(CCCC2)CN1C(COC)C(C)C. The lowest BCUT2D eigenvalue weighted by Crippen LogP contribution is -2.66. The Kier molecular flexibility index (Phi) is 5.27. The van der Waals surface area contributed by atoms with E-state index in [4.69, 9.17) is 4.74 Å². The molecule has 1 aliphatic heterocycles. The van der Waals surface area contributed by atoms with Crippen molar-refractivity contribution in [1.82, 2.24) is 10.2 Å². The molecule has 1 saturated heterocycles. The van der Waals surface area contributed by atoms with Crippen molar-refractivity contribution in [1.29, 1.82) is 0 Å². The van der Waals surface area contributed by atoms with Gasteiger partial charge in [0, 0.05) is 37.8 Å². The van der Waals surface area contributed by atoms with Gasteiger partial charge in [0.25, 0.3) is 0 Å². The maximum atomic E-state index is 5.50. The van der Waals surface area contributed by atoms with Crippen LogP contribution < -0.4 is 5.32 Å². The second-order valence-corrected chi connectivity index (χ2v) is 6.87. The molecule has 0 aromatic carbocycles. The Labute approximate surface area is 119 Å². The van der Waals surface area contributed by atoms with E-state index in [1.165, 1.54) is 38.6 Å². The maximum Gasteiger partial charge on any atom is 0.0620 e. The first-order valence-electron chi connectivity index (χ1n) is 8.11. The Morgan fingerprint density at radius 3 is 2.53 bits per heavy atom. The smallest absolute Gasteiger partial charge is 0.0620 e. The van der Waals surface area contributed by atoms with E-state index in [1.54, 1.807) is 0 Å². The third-order valence-electron chi connectivity index (χ3n) is 5.23. The van der Waals surface area contributed by atoms with Crippen LogP contribution in [0.4, 0.5) is 0 Å². The van der Waals surface area contributed by atoms with Gasteiger partial charge in [0.05, 0.1) is 6.61 Å². The van der Waals surface area contributed by atoms with Gasteiger partial charge in [0.15, 0.2) is 0 Å². The maximum absolute atomic E-state index is 5.50. The number of nitrogens with zero attached hydrogens (tertiary/aromatic N) is 1. The van der Waals surface area contributed by atoms with E-state index >= 15 is 0 Å². The van der Waals surface area contributed by atoms with Crippen molar-refractivity contribution in [2.45, 2.75) is 70.5 Å². The first kappa shape index (κ1) is 15.3. The second-order valence-electron chi connectivity index (χ2n) is 6.87. The van der Waals surface area contributed by atoms with Crippen LogP contribution in [0.15, 0.2) is 0 Å². The van der Waals surface area contributed by atoms with E-state index in [2.05, 4.69) is 31.0 Å². The topological polar surface area (TPSA) is 24.5 Å². The van der Waals surface area contributed by atoms with Crippen LogP contribution >= 0.6 is 0 Å². The van der Waals surface area contributed by atoms with Gasteiger partial charge in [0.1, 0.15) is 0 Å². The minimum Gasteiger partial charge on any atom is -0.383 e. The molecule has 3 nitrogen and oxygen atoms in total. The lowest BCUT2D eigenvalue weighted by atomic mass is 9.88. The van der Waals surface area contributed by atoms with Gasteiger partial charge in [-0.2, -0.15) is 0 Å². The van der Waals surface area contributed by atoms with E-state index in [0.29, 0.717) is 23.5 Å². The molecule has 2 fully saturated rings. The molecular weight excluding hydrogens is 236 g/mol. The zero-order chi connectivity index (χ0) is 13.9. The fourth-order valence-electron chi connectivity index (χ4n) is 3.98. The summed E-state index contributed by atoms with van der Waals surface area (Å²) in [6.45, 7) is 10.2. The quantitative estimate of drug-likeness (QED) is 0.829. The molecule has 1 saturated carbocycles. The van der Waals surface area contributed by atoms with Crippen LogP contribution in [-0.4, -0.2) is 49.3 Å². The minimum atomic E-state index is 0.409. The van der Waals surface area contributed by atoms with Crippen molar-refractivity contribution in [3.8, 4) is 0 Å². The number of nitrogens with one attached hydrogen (secondary N) is 1. The largest absolute Gasteiger partial charge is 0.383 e. The summed E-state index contributed by atoms with van der Waals surface area (Å²) >= 11 is 0. The molecule has 1 N–H and O–H groups in total. The number of hydrogen-bond acceptors (Lipinski definition) is 3. The van der Waals surface area contributed by atoms with Crippen LogP contribution in [0.3, 0.4) is 0 Å². The molecule has 3 heteroatoms. The predicted octanol–water partition coefficient (Wildman–Crippen LogP) is 2.65. The summed E-state index contributed by atoms with van der Waals surface area (Å²) in [6.07, 6.45) is 6.74. The van der Waals surface area contributed by atoms with Gasteiger partial charge >= 0.3 is 0 Å². The molecule has 2 rings (SSSR count). The molecule has 0 aromatic heterocycles. The van der Waals surface area contributed by atoms with Gasteiger partial charge in [-0.05, 0) is 25.2 Å².